The number of Topliss-reactive ketones (excluding diaryl/α,β-unsaturated/α-hetero) is 1. The number of ketones is 1. The van der Waals surface area contributed by atoms with Crippen LogP contribution in [-0.2, 0) is 14.3 Å². The average Bonchev–Trinajstić information content (AvgIpc) is 2.94. The molecule has 3 fully saturated rings. The molecule has 28 heavy (non-hydrogen) atoms. The Morgan fingerprint density at radius 2 is 1.79 bits per heavy atom. The number of esters is 1. The van der Waals surface area contributed by atoms with E-state index in [1.165, 1.54) is 12.5 Å². The number of allylic oxidation sites excluding steroid dienone is 2. The third-order valence-corrected chi connectivity index (χ3v) is 9.11. The highest BCUT2D eigenvalue weighted by molar-refractivity contribution is 5.96. The van der Waals surface area contributed by atoms with E-state index in [0.717, 1.165) is 50.7 Å². The second-order valence-corrected chi connectivity index (χ2v) is 10.1. The van der Waals surface area contributed by atoms with Gasteiger partial charge in [0.05, 0.1) is 5.71 Å². The minimum Gasteiger partial charge on any atom is -0.451 e. The zero-order valence-corrected chi connectivity index (χ0v) is 17.6. The molecule has 0 radical (unpaired) electrons. The van der Waals surface area contributed by atoms with Gasteiger partial charge in [0.15, 0.2) is 11.4 Å². The molecule has 5 nitrogen and oxygen atoms in total. The van der Waals surface area contributed by atoms with Crippen molar-refractivity contribution in [2.75, 3.05) is 0 Å². The highest BCUT2D eigenvalue weighted by Crippen LogP contribution is 2.68. The lowest BCUT2D eigenvalue weighted by molar-refractivity contribution is -0.187. The van der Waals surface area contributed by atoms with E-state index in [1.54, 1.807) is 6.92 Å². The zero-order chi connectivity index (χ0) is 20.3. The Bertz CT molecular complexity index is 771. The average molecular weight is 388 g/mol. The fourth-order valence-corrected chi connectivity index (χ4v) is 7.71. The Hall–Kier alpha value is -1.65. The molecule has 0 heterocycles. The first-order valence-electron chi connectivity index (χ1n) is 10.8. The number of carbonyl (C=O) groups excluding carboxylic acids is 2. The van der Waals surface area contributed by atoms with Gasteiger partial charge in [-0.3, -0.25) is 9.59 Å². The van der Waals surface area contributed by atoms with Crippen LogP contribution in [0.2, 0.25) is 0 Å². The third kappa shape index (κ3) is 2.47. The molecule has 154 valence electrons. The molecular weight excluding hydrogens is 354 g/mol. The second kappa shape index (κ2) is 6.43. The van der Waals surface area contributed by atoms with Crippen LogP contribution in [0.15, 0.2) is 16.8 Å². The fraction of sp³-hybridized carbons (Fsp3) is 0.783. The Morgan fingerprint density at radius 1 is 1.07 bits per heavy atom. The topological polar surface area (TPSA) is 76.0 Å². The molecule has 0 saturated heterocycles. The van der Waals surface area contributed by atoms with E-state index >= 15 is 0 Å². The molecule has 5 unspecified atom stereocenters. The molecule has 6 atom stereocenters. The molecule has 5 heteroatoms. The number of nitrogens with zero attached hydrogens (tertiary/aromatic N) is 1. The van der Waals surface area contributed by atoms with Crippen LogP contribution < -0.4 is 0 Å². The van der Waals surface area contributed by atoms with Crippen LogP contribution >= 0.6 is 0 Å². The maximum atomic E-state index is 12.8. The number of oxime groups is 1. The Kier molecular flexibility index (Phi) is 4.51. The summed E-state index contributed by atoms with van der Waals surface area (Å²) in [5.74, 6) is 1.23. The van der Waals surface area contributed by atoms with Gasteiger partial charge in [0, 0.05) is 12.3 Å². The van der Waals surface area contributed by atoms with E-state index in [0.29, 0.717) is 24.2 Å². The summed E-state index contributed by atoms with van der Waals surface area (Å²) in [6, 6.07) is 0. The second-order valence-electron chi connectivity index (χ2n) is 10.1. The van der Waals surface area contributed by atoms with Gasteiger partial charge in [0.1, 0.15) is 0 Å². The summed E-state index contributed by atoms with van der Waals surface area (Å²) >= 11 is 0. The molecule has 0 aromatic heterocycles. The largest absolute Gasteiger partial charge is 0.451 e. The monoisotopic (exact) mass is 387 g/mol. The van der Waals surface area contributed by atoms with Gasteiger partial charge in [-0.2, -0.15) is 0 Å². The first kappa shape index (κ1) is 19.7. The molecule has 0 bridgehead atoms. The standard InChI is InChI=1S/C23H33NO4/c1-14(25)23(28-15(2)26)12-9-20-18-6-5-16-13-17(24-27)7-10-21(16,3)19(18)8-11-22(20,23)4/h13,18-20,27H,5-12H2,1-4H3/b24-17+/t18?,19?,20?,21?,22?,23-/m0/s1. The van der Waals surface area contributed by atoms with Crippen LogP contribution in [0.1, 0.15) is 79.1 Å². The third-order valence-electron chi connectivity index (χ3n) is 9.11. The molecular formula is C23H33NO4. The molecule has 1 N–H and O–H groups in total. The summed E-state index contributed by atoms with van der Waals surface area (Å²) in [6.07, 6.45) is 9.74. The van der Waals surface area contributed by atoms with Crippen molar-refractivity contribution < 1.29 is 19.5 Å². The normalized spacial score (nSPS) is 46.2. The highest BCUT2D eigenvalue weighted by Gasteiger charge is 2.67. The lowest BCUT2D eigenvalue weighted by Gasteiger charge is -2.59. The van der Waals surface area contributed by atoms with E-state index in [1.807, 2.05) is 0 Å². The van der Waals surface area contributed by atoms with E-state index in [2.05, 4.69) is 25.1 Å². The Balaban J connectivity index is 1.69. The van der Waals surface area contributed by atoms with Gasteiger partial charge in [-0.15, -0.1) is 0 Å². The Labute approximate surface area is 167 Å². The quantitative estimate of drug-likeness (QED) is 0.424. The number of hydrogen-bond donors (Lipinski definition) is 1. The zero-order valence-electron chi connectivity index (χ0n) is 17.6. The van der Waals surface area contributed by atoms with Crippen LogP contribution in [0.3, 0.4) is 0 Å². The van der Waals surface area contributed by atoms with E-state index in [-0.39, 0.29) is 22.6 Å². The number of rotatable bonds is 2. The minimum absolute atomic E-state index is 0.00946. The highest BCUT2D eigenvalue weighted by atomic mass is 16.6. The number of carbonyl (C=O) groups is 2. The van der Waals surface area contributed by atoms with E-state index in [9.17, 15) is 14.8 Å². The van der Waals surface area contributed by atoms with E-state index < -0.39 is 5.60 Å². The van der Waals surface area contributed by atoms with Crippen molar-refractivity contribution in [2.45, 2.75) is 84.7 Å². The van der Waals surface area contributed by atoms with Crippen molar-refractivity contribution in [1.82, 2.24) is 0 Å². The summed E-state index contributed by atoms with van der Waals surface area (Å²) in [4.78, 5) is 24.7. The van der Waals surface area contributed by atoms with Crippen molar-refractivity contribution in [3.63, 3.8) is 0 Å². The van der Waals surface area contributed by atoms with Gasteiger partial charge in [0.25, 0.3) is 0 Å². The molecule has 4 aliphatic carbocycles. The molecule has 4 rings (SSSR count). The van der Waals surface area contributed by atoms with Crippen LogP contribution in [0, 0.1) is 28.6 Å². The van der Waals surface area contributed by atoms with Gasteiger partial charge in [-0.1, -0.05) is 24.6 Å². The molecule has 0 aromatic rings. The number of fused-ring (bicyclic) bond motifs is 5. The fourth-order valence-electron chi connectivity index (χ4n) is 7.71. The Morgan fingerprint density at radius 3 is 2.43 bits per heavy atom. The summed E-state index contributed by atoms with van der Waals surface area (Å²) < 4.78 is 5.83. The van der Waals surface area contributed by atoms with Gasteiger partial charge in [0.2, 0.25) is 0 Å². The van der Waals surface area contributed by atoms with E-state index in [4.69, 9.17) is 4.74 Å². The molecule has 0 amide bonds. The molecule has 0 aromatic carbocycles. The molecule has 4 aliphatic rings. The van der Waals surface area contributed by atoms with Crippen molar-refractivity contribution in [1.29, 1.82) is 0 Å². The maximum absolute atomic E-state index is 12.8. The number of ether oxygens (including phenoxy) is 1. The smallest absolute Gasteiger partial charge is 0.303 e. The van der Waals surface area contributed by atoms with Crippen LogP contribution in [0.4, 0.5) is 0 Å². The van der Waals surface area contributed by atoms with Gasteiger partial charge in [-0.25, -0.2) is 0 Å². The summed E-state index contributed by atoms with van der Waals surface area (Å²) in [5, 5.41) is 12.7. The van der Waals surface area contributed by atoms with Gasteiger partial charge < -0.3 is 9.94 Å². The first-order valence-corrected chi connectivity index (χ1v) is 10.8. The van der Waals surface area contributed by atoms with Crippen molar-refractivity contribution >= 4 is 17.5 Å². The van der Waals surface area contributed by atoms with Crippen molar-refractivity contribution in [3.05, 3.63) is 11.6 Å². The predicted molar refractivity (Wildman–Crippen MR) is 106 cm³/mol. The molecule has 0 aliphatic heterocycles. The lowest BCUT2D eigenvalue weighted by Crippen LogP contribution is -2.58. The van der Waals surface area contributed by atoms with Crippen molar-refractivity contribution in [3.8, 4) is 0 Å². The predicted octanol–water partition coefficient (Wildman–Crippen LogP) is 4.67. The van der Waals surface area contributed by atoms with Crippen LogP contribution in [0.25, 0.3) is 0 Å². The first-order chi connectivity index (χ1) is 13.2. The molecule has 3 saturated carbocycles. The SMILES string of the molecule is CC(=O)O[C@]1(C(C)=O)CCC2C3CCC4=C/C(=N/O)CCC4(C)C3CCC21C. The van der Waals surface area contributed by atoms with Gasteiger partial charge in [-0.05, 0) is 87.5 Å². The van der Waals surface area contributed by atoms with Gasteiger partial charge >= 0.3 is 5.97 Å². The number of hydrogen-bond acceptors (Lipinski definition) is 5. The van der Waals surface area contributed by atoms with Crippen molar-refractivity contribution in [2.24, 2.45) is 33.7 Å². The van der Waals surface area contributed by atoms with Crippen LogP contribution in [0.5, 0.6) is 0 Å². The maximum Gasteiger partial charge on any atom is 0.303 e. The summed E-state index contributed by atoms with van der Waals surface area (Å²) in [6.45, 7) is 7.62. The van der Waals surface area contributed by atoms with Crippen LogP contribution in [-0.4, -0.2) is 28.3 Å². The molecule has 0 spiro atoms. The minimum atomic E-state index is -0.950. The lowest BCUT2D eigenvalue weighted by atomic mass is 9.46. The summed E-state index contributed by atoms with van der Waals surface area (Å²) in [5.41, 5.74) is 1.18. The summed E-state index contributed by atoms with van der Waals surface area (Å²) in [7, 11) is 0.